The van der Waals surface area contributed by atoms with E-state index in [1.807, 2.05) is 37.3 Å². The van der Waals surface area contributed by atoms with Crippen LogP contribution in [-0.2, 0) is 6.54 Å². The lowest BCUT2D eigenvalue weighted by Crippen LogP contribution is -2.28. The summed E-state index contributed by atoms with van der Waals surface area (Å²) in [6.07, 6.45) is 0. The third-order valence-corrected chi connectivity index (χ3v) is 5.56. The number of carbonyl (C=O) groups excluding carboxylic acids is 1. The number of aromatic nitrogens is 2. The molecule has 4 nitrogen and oxygen atoms in total. The second-order valence-corrected chi connectivity index (χ2v) is 8.23. The van der Waals surface area contributed by atoms with Crippen LogP contribution < -0.4 is 5.32 Å². The van der Waals surface area contributed by atoms with Gasteiger partial charge in [-0.1, -0.05) is 51.8 Å². The number of halogens is 2. The summed E-state index contributed by atoms with van der Waals surface area (Å²) in [5.41, 5.74) is 3.68. The fraction of sp³-hybridized carbons (Fsp3) is 0.130. The zero-order valence-corrected chi connectivity index (χ0v) is 18.1. The van der Waals surface area contributed by atoms with Crippen LogP contribution in [0.5, 0.6) is 0 Å². The maximum Gasteiger partial charge on any atom is 0.251 e. The highest BCUT2D eigenvalue weighted by Gasteiger charge is 2.19. The van der Waals surface area contributed by atoms with Gasteiger partial charge < -0.3 is 9.88 Å². The zero-order valence-electron chi connectivity index (χ0n) is 15.8. The molecule has 29 heavy (non-hydrogen) atoms. The van der Waals surface area contributed by atoms with E-state index in [0.29, 0.717) is 17.1 Å². The van der Waals surface area contributed by atoms with Gasteiger partial charge in [0, 0.05) is 21.6 Å². The molecule has 1 unspecified atom stereocenters. The molecule has 1 atom stereocenters. The van der Waals surface area contributed by atoms with E-state index in [9.17, 15) is 4.79 Å². The van der Waals surface area contributed by atoms with E-state index in [1.54, 1.807) is 24.3 Å². The summed E-state index contributed by atoms with van der Waals surface area (Å²) >= 11 is 9.40. The molecule has 0 radical (unpaired) electrons. The van der Waals surface area contributed by atoms with Crippen LogP contribution in [0.3, 0.4) is 0 Å². The van der Waals surface area contributed by atoms with Crippen LogP contribution in [0, 0.1) is 0 Å². The molecular formula is C23H19BrClN3O. The van der Waals surface area contributed by atoms with Gasteiger partial charge in [-0.2, -0.15) is 0 Å². The van der Waals surface area contributed by atoms with Crippen LogP contribution in [0.15, 0.2) is 77.3 Å². The summed E-state index contributed by atoms with van der Waals surface area (Å²) in [5.74, 6) is 0.660. The number of benzene rings is 3. The van der Waals surface area contributed by atoms with Crippen LogP contribution in [0.1, 0.15) is 34.7 Å². The van der Waals surface area contributed by atoms with E-state index in [4.69, 9.17) is 16.6 Å². The maximum atomic E-state index is 12.7. The summed E-state index contributed by atoms with van der Waals surface area (Å²) in [6.45, 7) is 2.62. The third-order valence-electron chi connectivity index (χ3n) is 4.78. The highest BCUT2D eigenvalue weighted by atomic mass is 79.9. The van der Waals surface area contributed by atoms with Crippen molar-refractivity contribution in [2.45, 2.75) is 19.5 Å². The Hall–Kier alpha value is -2.63. The van der Waals surface area contributed by atoms with Crippen molar-refractivity contribution in [3.05, 3.63) is 99.2 Å². The van der Waals surface area contributed by atoms with E-state index in [-0.39, 0.29) is 11.9 Å². The van der Waals surface area contributed by atoms with E-state index >= 15 is 0 Å². The maximum absolute atomic E-state index is 12.7. The molecule has 0 bridgehead atoms. The average Bonchev–Trinajstić information content (AvgIpc) is 3.09. The molecule has 0 aliphatic rings. The molecule has 4 aromatic rings. The molecule has 0 saturated carbocycles. The monoisotopic (exact) mass is 467 g/mol. The number of imidazole rings is 1. The van der Waals surface area contributed by atoms with Crippen molar-refractivity contribution in [3.63, 3.8) is 0 Å². The predicted octanol–water partition coefficient (Wildman–Crippen LogP) is 5.99. The summed E-state index contributed by atoms with van der Waals surface area (Å²) in [5, 5.41) is 3.66. The minimum Gasteiger partial charge on any atom is -0.342 e. The number of carbonyl (C=O) groups is 1. The normalized spacial score (nSPS) is 12.1. The summed E-state index contributed by atoms with van der Waals surface area (Å²) in [7, 11) is 0. The number of hydrogen-bond acceptors (Lipinski definition) is 2. The molecule has 0 saturated heterocycles. The van der Waals surface area contributed by atoms with Crippen LogP contribution in [0.25, 0.3) is 11.0 Å². The molecule has 1 heterocycles. The molecule has 1 aromatic heterocycles. The Kier molecular flexibility index (Phi) is 5.69. The average molecular weight is 469 g/mol. The second kappa shape index (κ2) is 8.39. The molecule has 4 rings (SSSR count). The van der Waals surface area contributed by atoms with E-state index in [2.05, 4.69) is 44.0 Å². The molecule has 1 amide bonds. The summed E-state index contributed by atoms with van der Waals surface area (Å²) < 4.78 is 3.20. The van der Waals surface area contributed by atoms with Gasteiger partial charge in [-0.25, -0.2) is 4.98 Å². The van der Waals surface area contributed by atoms with Gasteiger partial charge in [0.05, 0.1) is 17.1 Å². The summed E-state index contributed by atoms with van der Waals surface area (Å²) in [6, 6.07) is 22.8. The van der Waals surface area contributed by atoms with Crippen molar-refractivity contribution in [3.8, 4) is 0 Å². The number of nitrogens with zero attached hydrogens (tertiary/aromatic N) is 2. The lowest BCUT2D eigenvalue weighted by molar-refractivity contribution is 0.0938. The molecule has 0 aliphatic heterocycles. The lowest BCUT2D eigenvalue weighted by Gasteiger charge is -2.17. The number of fused-ring (bicyclic) bond motifs is 1. The van der Waals surface area contributed by atoms with Gasteiger partial charge >= 0.3 is 0 Å². The van der Waals surface area contributed by atoms with Crippen molar-refractivity contribution in [2.75, 3.05) is 0 Å². The van der Waals surface area contributed by atoms with Gasteiger partial charge in [0.2, 0.25) is 0 Å². The number of hydrogen-bond donors (Lipinski definition) is 1. The number of nitrogens with one attached hydrogen (secondary N) is 1. The van der Waals surface area contributed by atoms with Crippen molar-refractivity contribution in [1.29, 1.82) is 0 Å². The topological polar surface area (TPSA) is 46.9 Å². The quantitative estimate of drug-likeness (QED) is 0.391. The van der Waals surface area contributed by atoms with Crippen molar-refractivity contribution < 1.29 is 4.79 Å². The van der Waals surface area contributed by atoms with Crippen LogP contribution in [0.4, 0.5) is 0 Å². The van der Waals surface area contributed by atoms with Gasteiger partial charge in [0.1, 0.15) is 5.82 Å². The smallest absolute Gasteiger partial charge is 0.251 e. The van der Waals surface area contributed by atoms with Crippen LogP contribution in [0.2, 0.25) is 5.02 Å². The van der Waals surface area contributed by atoms with Gasteiger partial charge in [-0.3, -0.25) is 4.79 Å². The number of para-hydroxylation sites is 2. The van der Waals surface area contributed by atoms with Gasteiger partial charge in [-0.05, 0) is 61.0 Å². The van der Waals surface area contributed by atoms with Crippen LogP contribution >= 0.6 is 27.5 Å². The third kappa shape index (κ3) is 4.36. The van der Waals surface area contributed by atoms with Gasteiger partial charge in [0.25, 0.3) is 5.91 Å². The molecule has 146 valence electrons. The minimum atomic E-state index is -0.263. The molecule has 0 fully saturated rings. The molecule has 0 aliphatic carbocycles. The fourth-order valence-electron chi connectivity index (χ4n) is 3.31. The Morgan fingerprint density at radius 3 is 2.48 bits per heavy atom. The Morgan fingerprint density at radius 1 is 1.07 bits per heavy atom. The first-order chi connectivity index (χ1) is 14.0. The predicted molar refractivity (Wildman–Crippen MR) is 120 cm³/mol. The first kappa shape index (κ1) is 19.7. The molecule has 0 spiro atoms. The van der Waals surface area contributed by atoms with E-state index in [0.717, 1.165) is 26.9 Å². The molecular weight excluding hydrogens is 450 g/mol. The number of amides is 1. The van der Waals surface area contributed by atoms with E-state index in [1.165, 1.54) is 0 Å². The fourth-order valence-corrected chi connectivity index (χ4v) is 3.70. The SMILES string of the molecule is CC(NC(=O)c1ccc(Cl)cc1)c1nc2ccccc2n1Cc1ccc(Br)cc1. The van der Waals surface area contributed by atoms with Gasteiger partial charge in [-0.15, -0.1) is 0 Å². The lowest BCUT2D eigenvalue weighted by atomic mass is 10.2. The van der Waals surface area contributed by atoms with Crippen LogP contribution in [-0.4, -0.2) is 15.5 Å². The van der Waals surface area contributed by atoms with Crippen molar-refractivity contribution >= 4 is 44.5 Å². The molecule has 6 heteroatoms. The first-order valence-corrected chi connectivity index (χ1v) is 10.4. The Morgan fingerprint density at radius 2 is 1.76 bits per heavy atom. The first-order valence-electron chi connectivity index (χ1n) is 9.27. The summed E-state index contributed by atoms with van der Waals surface area (Å²) in [4.78, 5) is 17.5. The standard InChI is InChI=1S/C23H19BrClN3O/c1-15(26-23(29)17-8-12-19(25)13-9-17)22-27-20-4-2-3-5-21(20)28(22)14-16-6-10-18(24)11-7-16/h2-13,15H,14H2,1H3,(H,26,29). The largest absolute Gasteiger partial charge is 0.342 e. The molecule has 3 aromatic carbocycles. The second-order valence-electron chi connectivity index (χ2n) is 6.87. The molecule has 1 N–H and O–H groups in total. The van der Waals surface area contributed by atoms with Gasteiger partial charge in [0.15, 0.2) is 0 Å². The highest BCUT2D eigenvalue weighted by Crippen LogP contribution is 2.23. The number of rotatable bonds is 5. The van der Waals surface area contributed by atoms with Crippen molar-refractivity contribution in [1.82, 2.24) is 14.9 Å². The minimum absolute atomic E-state index is 0.156. The Labute approximate surface area is 182 Å². The van der Waals surface area contributed by atoms with E-state index < -0.39 is 0 Å². The Balaban J connectivity index is 1.65. The Bertz CT molecular complexity index is 1150. The zero-order chi connectivity index (χ0) is 20.4. The highest BCUT2D eigenvalue weighted by molar-refractivity contribution is 9.10. The van der Waals surface area contributed by atoms with Crippen molar-refractivity contribution in [2.24, 2.45) is 0 Å².